The van der Waals surface area contributed by atoms with E-state index in [-0.39, 0.29) is 5.91 Å². The number of methoxy groups -OCH3 is 4. The van der Waals surface area contributed by atoms with Crippen LogP contribution < -0.4 is 29.6 Å². The number of aromatic nitrogens is 2. The maximum absolute atomic E-state index is 13.1. The van der Waals surface area contributed by atoms with Crippen LogP contribution in [-0.2, 0) is 13.5 Å². The molecular formula is C26H33N5O5. The van der Waals surface area contributed by atoms with Gasteiger partial charge >= 0.3 is 0 Å². The van der Waals surface area contributed by atoms with Crippen LogP contribution in [0.15, 0.2) is 41.4 Å². The molecule has 36 heavy (non-hydrogen) atoms. The number of nitrogens with one attached hydrogen (secondary N) is 2. The van der Waals surface area contributed by atoms with Crippen LogP contribution >= 0.6 is 0 Å². The first-order valence-corrected chi connectivity index (χ1v) is 11.4. The number of carbonyl (C=O) groups is 1. The number of guanidine groups is 1. The van der Waals surface area contributed by atoms with Crippen molar-refractivity contribution >= 4 is 17.6 Å². The number of hydrogen-bond donors (Lipinski definition) is 2. The number of benzene rings is 2. The van der Waals surface area contributed by atoms with Crippen LogP contribution in [-0.4, -0.2) is 56.6 Å². The number of nitrogens with zero attached hydrogens (tertiary/aromatic N) is 3. The van der Waals surface area contributed by atoms with Gasteiger partial charge in [0.2, 0.25) is 5.96 Å². The molecule has 10 nitrogen and oxygen atoms in total. The summed E-state index contributed by atoms with van der Waals surface area (Å²) in [6.45, 7) is 4.45. The molecule has 0 aliphatic heterocycles. The van der Waals surface area contributed by atoms with E-state index in [4.69, 9.17) is 18.9 Å². The molecule has 3 rings (SSSR count). The van der Waals surface area contributed by atoms with Crippen molar-refractivity contribution in [1.82, 2.24) is 15.1 Å². The Morgan fingerprint density at radius 1 is 0.917 bits per heavy atom. The van der Waals surface area contributed by atoms with Crippen molar-refractivity contribution in [3.05, 3.63) is 58.9 Å². The Balaban J connectivity index is 1.86. The summed E-state index contributed by atoms with van der Waals surface area (Å²) < 4.78 is 23.2. The molecule has 1 aromatic heterocycles. The molecule has 1 heterocycles. The summed E-state index contributed by atoms with van der Waals surface area (Å²) in [6.07, 6.45) is 0.675. The first-order chi connectivity index (χ1) is 17.3. The summed E-state index contributed by atoms with van der Waals surface area (Å²) in [5.74, 6) is 2.08. The third-order valence-corrected chi connectivity index (χ3v) is 5.81. The van der Waals surface area contributed by atoms with Gasteiger partial charge in [0.05, 0.1) is 34.1 Å². The smallest absolute Gasteiger partial charge is 0.258 e. The molecule has 0 saturated heterocycles. The molecule has 10 heteroatoms. The Labute approximate surface area is 211 Å². The molecule has 2 aromatic carbocycles. The van der Waals surface area contributed by atoms with Crippen molar-refractivity contribution in [1.29, 1.82) is 0 Å². The second kappa shape index (κ2) is 12.0. The zero-order chi connectivity index (χ0) is 26.2. The number of hydrogen-bond acceptors (Lipinski definition) is 7. The van der Waals surface area contributed by atoms with Gasteiger partial charge in [-0.15, -0.1) is 0 Å². The molecule has 0 spiro atoms. The Bertz CT molecular complexity index is 1250. The van der Waals surface area contributed by atoms with E-state index in [1.165, 1.54) is 7.11 Å². The minimum atomic E-state index is -0.351. The van der Waals surface area contributed by atoms with Gasteiger partial charge in [-0.25, -0.2) is 0 Å². The SMILES string of the molecule is COc1ccc(NC(=NCCc2c(C)nn(C)c2C)NC(=O)c2ccc(OC)c(OC)c2)cc1OC. The van der Waals surface area contributed by atoms with Gasteiger partial charge in [0.1, 0.15) is 0 Å². The highest BCUT2D eigenvalue weighted by molar-refractivity contribution is 6.10. The summed E-state index contributed by atoms with van der Waals surface area (Å²) in [4.78, 5) is 17.7. The maximum atomic E-state index is 13.1. The lowest BCUT2D eigenvalue weighted by Gasteiger charge is -2.15. The normalized spacial score (nSPS) is 11.1. The standard InChI is InChI=1S/C26H33N5O5/c1-16-20(17(2)31(3)30-16)12-13-27-26(28-19-9-11-22(34-5)24(15-19)36-7)29-25(32)18-8-10-21(33-4)23(14-18)35-6/h8-11,14-15H,12-13H2,1-7H3,(H2,27,28,29,32). The van der Waals surface area contributed by atoms with E-state index in [2.05, 4.69) is 20.7 Å². The van der Waals surface area contributed by atoms with Crippen molar-refractivity contribution in [2.45, 2.75) is 20.3 Å². The van der Waals surface area contributed by atoms with E-state index >= 15 is 0 Å². The van der Waals surface area contributed by atoms with Crippen molar-refractivity contribution in [3.8, 4) is 23.0 Å². The number of amides is 1. The average molecular weight is 496 g/mol. The summed E-state index contributed by atoms with van der Waals surface area (Å²) in [6, 6.07) is 10.3. The molecule has 0 atom stereocenters. The fourth-order valence-electron chi connectivity index (χ4n) is 3.78. The first kappa shape index (κ1) is 26.4. The van der Waals surface area contributed by atoms with Gasteiger partial charge in [-0.2, -0.15) is 5.10 Å². The summed E-state index contributed by atoms with van der Waals surface area (Å²) in [5.41, 5.74) is 4.26. The van der Waals surface area contributed by atoms with Gasteiger partial charge in [-0.05, 0) is 56.2 Å². The first-order valence-electron chi connectivity index (χ1n) is 11.4. The fourth-order valence-corrected chi connectivity index (χ4v) is 3.78. The molecule has 0 unspecified atom stereocenters. The molecule has 0 aliphatic carbocycles. The highest BCUT2D eigenvalue weighted by Crippen LogP contribution is 2.30. The van der Waals surface area contributed by atoms with Crippen LogP contribution in [0.4, 0.5) is 5.69 Å². The maximum Gasteiger partial charge on any atom is 0.258 e. The van der Waals surface area contributed by atoms with Crippen LogP contribution in [0.2, 0.25) is 0 Å². The van der Waals surface area contributed by atoms with Gasteiger partial charge in [0.25, 0.3) is 5.91 Å². The minimum Gasteiger partial charge on any atom is -0.493 e. The monoisotopic (exact) mass is 495 g/mol. The Hall–Kier alpha value is -4.21. The van der Waals surface area contributed by atoms with Gasteiger partial charge in [-0.1, -0.05) is 0 Å². The molecule has 0 radical (unpaired) electrons. The van der Waals surface area contributed by atoms with Gasteiger partial charge in [-0.3, -0.25) is 19.8 Å². The van der Waals surface area contributed by atoms with Gasteiger partial charge < -0.3 is 24.3 Å². The molecule has 192 valence electrons. The Morgan fingerprint density at radius 3 is 2.11 bits per heavy atom. The minimum absolute atomic E-state index is 0.293. The lowest BCUT2D eigenvalue weighted by molar-refractivity contribution is 0.0976. The Morgan fingerprint density at radius 2 is 1.53 bits per heavy atom. The van der Waals surface area contributed by atoms with Crippen molar-refractivity contribution in [3.63, 3.8) is 0 Å². The average Bonchev–Trinajstić information content (AvgIpc) is 3.13. The topological polar surface area (TPSA) is 108 Å². The van der Waals surface area contributed by atoms with E-state index in [0.29, 0.717) is 53.2 Å². The number of rotatable bonds is 9. The lowest BCUT2D eigenvalue weighted by Crippen LogP contribution is -2.36. The third-order valence-electron chi connectivity index (χ3n) is 5.81. The molecule has 3 aromatic rings. The van der Waals surface area contributed by atoms with Crippen molar-refractivity contribution in [2.75, 3.05) is 40.3 Å². The van der Waals surface area contributed by atoms with Crippen LogP contribution in [0, 0.1) is 13.8 Å². The van der Waals surface area contributed by atoms with Crippen molar-refractivity contribution in [2.24, 2.45) is 12.0 Å². The number of aliphatic imine (C=N–C) groups is 1. The predicted molar refractivity (Wildman–Crippen MR) is 139 cm³/mol. The summed E-state index contributed by atoms with van der Waals surface area (Å²) in [7, 11) is 8.12. The van der Waals surface area contributed by atoms with Crippen LogP contribution in [0.25, 0.3) is 0 Å². The quantitative estimate of drug-likeness (QED) is 0.345. The zero-order valence-electron chi connectivity index (χ0n) is 21.8. The number of anilines is 1. The molecule has 1 amide bonds. The molecule has 0 aliphatic rings. The second-order valence-electron chi connectivity index (χ2n) is 7.97. The molecule has 0 fully saturated rings. The number of ether oxygens (including phenoxy) is 4. The molecule has 0 saturated carbocycles. The van der Waals surface area contributed by atoms with E-state index in [1.807, 2.05) is 31.6 Å². The molecule has 0 bridgehead atoms. The molecular weight excluding hydrogens is 462 g/mol. The Kier molecular flexibility index (Phi) is 8.77. The van der Waals surface area contributed by atoms with E-state index in [9.17, 15) is 4.79 Å². The van der Waals surface area contributed by atoms with E-state index in [1.54, 1.807) is 51.7 Å². The summed E-state index contributed by atoms with van der Waals surface area (Å²) >= 11 is 0. The van der Waals surface area contributed by atoms with Crippen LogP contribution in [0.1, 0.15) is 27.3 Å². The largest absolute Gasteiger partial charge is 0.493 e. The van der Waals surface area contributed by atoms with E-state index < -0.39 is 0 Å². The lowest BCUT2D eigenvalue weighted by atomic mass is 10.1. The zero-order valence-corrected chi connectivity index (χ0v) is 21.8. The van der Waals surface area contributed by atoms with Gasteiger partial charge in [0, 0.05) is 36.6 Å². The number of aryl methyl sites for hydroxylation is 2. The number of carbonyl (C=O) groups excluding carboxylic acids is 1. The molecule has 2 N–H and O–H groups in total. The third kappa shape index (κ3) is 6.07. The fraction of sp³-hybridized carbons (Fsp3) is 0.346. The highest BCUT2D eigenvalue weighted by Gasteiger charge is 2.15. The van der Waals surface area contributed by atoms with Crippen molar-refractivity contribution < 1.29 is 23.7 Å². The summed E-state index contributed by atoms with van der Waals surface area (Å²) in [5, 5.41) is 10.5. The predicted octanol–water partition coefficient (Wildman–Crippen LogP) is 3.51. The van der Waals surface area contributed by atoms with E-state index in [0.717, 1.165) is 17.0 Å². The van der Waals surface area contributed by atoms with Crippen LogP contribution in [0.3, 0.4) is 0 Å². The van der Waals surface area contributed by atoms with Gasteiger partial charge in [0.15, 0.2) is 23.0 Å². The van der Waals surface area contributed by atoms with Crippen LogP contribution in [0.5, 0.6) is 23.0 Å². The second-order valence-corrected chi connectivity index (χ2v) is 7.97. The highest BCUT2D eigenvalue weighted by atomic mass is 16.5.